The van der Waals surface area contributed by atoms with Crippen LogP contribution in [-0.2, 0) is 9.59 Å². The van der Waals surface area contributed by atoms with Crippen LogP contribution in [0.3, 0.4) is 0 Å². The van der Waals surface area contributed by atoms with Gasteiger partial charge in [-0.05, 0) is 47.7 Å². The lowest BCUT2D eigenvalue weighted by molar-refractivity contribution is -0.385. The van der Waals surface area contributed by atoms with E-state index in [1.165, 1.54) is 12.1 Å². The molecule has 0 spiro atoms. The summed E-state index contributed by atoms with van der Waals surface area (Å²) in [5.41, 5.74) is 1.62. The van der Waals surface area contributed by atoms with Gasteiger partial charge in [-0.25, -0.2) is 4.98 Å². The molecule has 0 bridgehead atoms. The molecule has 2 fully saturated rings. The fourth-order valence-electron chi connectivity index (χ4n) is 4.17. The van der Waals surface area contributed by atoms with Crippen LogP contribution in [0.4, 0.5) is 16.2 Å². The molecule has 3 aromatic rings. The van der Waals surface area contributed by atoms with Crippen LogP contribution in [0.1, 0.15) is 5.56 Å². The Kier molecular flexibility index (Phi) is 7.55. The first-order valence-electron chi connectivity index (χ1n) is 12.1. The number of carbonyl (C=O) groups excluding carboxylic acids is 3. The van der Waals surface area contributed by atoms with Crippen molar-refractivity contribution in [3.63, 3.8) is 0 Å². The average Bonchev–Trinajstić information content (AvgIpc) is 3.22. The molecule has 0 radical (unpaired) electrons. The molecule has 0 atom stereocenters. The SMILES string of the molecule is O=C(CN1C(=O)S/C(=C/c2ccc(Oc3ccc([N+](=O)[O-])cn3)cc2)C1=O)N1CCN(c2ccccc2)CC1. The lowest BCUT2D eigenvalue weighted by Crippen LogP contribution is -2.51. The maximum absolute atomic E-state index is 12.9. The van der Waals surface area contributed by atoms with Gasteiger partial charge in [0.05, 0.1) is 9.83 Å². The molecule has 2 aliphatic heterocycles. The second kappa shape index (κ2) is 11.4. The first kappa shape index (κ1) is 25.9. The van der Waals surface area contributed by atoms with Crippen molar-refractivity contribution < 1.29 is 24.0 Å². The smallest absolute Gasteiger partial charge is 0.294 e. The van der Waals surface area contributed by atoms with Gasteiger partial charge in [-0.3, -0.25) is 29.4 Å². The molecule has 2 aliphatic rings. The lowest BCUT2D eigenvalue weighted by atomic mass is 10.2. The van der Waals surface area contributed by atoms with Crippen molar-refractivity contribution in [3.05, 3.63) is 93.5 Å². The van der Waals surface area contributed by atoms with Crippen LogP contribution in [0.25, 0.3) is 6.08 Å². The van der Waals surface area contributed by atoms with Gasteiger partial charge in [0.1, 0.15) is 18.5 Å². The number of thioether (sulfide) groups is 1. The van der Waals surface area contributed by atoms with Gasteiger partial charge < -0.3 is 14.5 Å². The van der Waals surface area contributed by atoms with Crippen molar-refractivity contribution in [1.82, 2.24) is 14.8 Å². The average molecular weight is 546 g/mol. The molecule has 0 N–H and O–H groups in total. The largest absolute Gasteiger partial charge is 0.439 e. The van der Waals surface area contributed by atoms with Gasteiger partial charge >= 0.3 is 0 Å². The Labute approximate surface area is 227 Å². The Hall–Kier alpha value is -4.71. The fraction of sp³-hybridized carbons (Fsp3) is 0.185. The maximum atomic E-state index is 12.9. The monoisotopic (exact) mass is 545 g/mol. The normalized spacial score (nSPS) is 16.6. The van der Waals surface area contributed by atoms with Gasteiger partial charge in [0, 0.05) is 44.0 Å². The van der Waals surface area contributed by atoms with E-state index in [4.69, 9.17) is 4.74 Å². The number of anilines is 1. The van der Waals surface area contributed by atoms with Crippen molar-refractivity contribution in [1.29, 1.82) is 0 Å². The summed E-state index contributed by atoms with van der Waals surface area (Å²) < 4.78 is 5.59. The van der Waals surface area contributed by atoms with Crippen molar-refractivity contribution >= 4 is 46.3 Å². The number of benzene rings is 2. The van der Waals surface area contributed by atoms with E-state index in [1.54, 1.807) is 35.2 Å². The van der Waals surface area contributed by atoms with E-state index in [0.717, 1.165) is 28.5 Å². The third-order valence-electron chi connectivity index (χ3n) is 6.25. The third-order valence-corrected chi connectivity index (χ3v) is 7.16. The topological polar surface area (TPSA) is 126 Å². The molecule has 3 heterocycles. The lowest BCUT2D eigenvalue weighted by Gasteiger charge is -2.36. The molecule has 39 heavy (non-hydrogen) atoms. The number of nitrogens with zero attached hydrogens (tertiary/aromatic N) is 5. The van der Waals surface area contributed by atoms with Crippen molar-refractivity contribution in [2.45, 2.75) is 0 Å². The van der Waals surface area contributed by atoms with Gasteiger partial charge in [0.2, 0.25) is 11.8 Å². The first-order valence-corrected chi connectivity index (χ1v) is 12.9. The minimum Gasteiger partial charge on any atom is -0.439 e. The number of imide groups is 1. The Morgan fingerprint density at radius 2 is 1.72 bits per heavy atom. The summed E-state index contributed by atoms with van der Waals surface area (Å²) in [6.07, 6.45) is 2.69. The second-order valence-corrected chi connectivity index (χ2v) is 9.75. The number of rotatable bonds is 7. The van der Waals surface area contributed by atoms with Crippen LogP contribution in [0.2, 0.25) is 0 Å². The number of aromatic nitrogens is 1. The van der Waals surface area contributed by atoms with Gasteiger partial charge in [0.25, 0.3) is 16.8 Å². The molecule has 11 nitrogen and oxygen atoms in total. The molecule has 1 aromatic heterocycles. The Balaban J connectivity index is 1.16. The summed E-state index contributed by atoms with van der Waals surface area (Å²) in [7, 11) is 0. The van der Waals surface area contributed by atoms with Crippen LogP contribution in [0.5, 0.6) is 11.6 Å². The van der Waals surface area contributed by atoms with E-state index in [-0.39, 0.29) is 28.9 Å². The highest BCUT2D eigenvalue weighted by Crippen LogP contribution is 2.33. The van der Waals surface area contributed by atoms with Crippen LogP contribution < -0.4 is 9.64 Å². The van der Waals surface area contributed by atoms with Crippen LogP contribution in [-0.4, -0.2) is 69.5 Å². The van der Waals surface area contributed by atoms with Crippen LogP contribution >= 0.6 is 11.8 Å². The molecular weight excluding hydrogens is 522 g/mol. The number of amides is 3. The number of pyridine rings is 1. The standard InChI is InChI=1S/C27H23N5O6S/c33-25(30-14-12-29(13-15-30)20-4-2-1-3-5-20)18-31-26(34)23(39-27(31)35)16-19-6-9-22(10-7-19)38-24-11-8-21(17-28-24)32(36)37/h1-11,16-17H,12-15,18H2/b23-16+. The molecule has 2 saturated heterocycles. The first-order chi connectivity index (χ1) is 18.9. The quantitative estimate of drug-likeness (QED) is 0.244. The fourth-order valence-corrected chi connectivity index (χ4v) is 5.01. The number of para-hydroxylation sites is 1. The Morgan fingerprint density at radius 1 is 1.00 bits per heavy atom. The number of ether oxygens (including phenoxy) is 1. The minimum absolute atomic E-state index is 0.140. The molecule has 2 aromatic carbocycles. The summed E-state index contributed by atoms with van der Waals surface area (Å²) >= 11 is 0.797. The third kappa shape index (κ3) is 6.07. The van der Waals surface area contributed by atoms with E-state index < -0.39 is 16.1 Å². The van der Waals surface area contributed by atoms with E-state index in [9.17, 15) is 24.5 Å². The zero-order chi connectivity index (χ0) is 27.4. The minimum atomic E-state index is -0.545. The van der Waals surface area contributed by atoms with E-state index >= 15 is 0 Å². The number of hydrogen-bond acceptors (Lipinski definition) is 9. The van der Waals surface area contributed by atoms with E-state index in [0.29, 0.717) is 37.5 Å². The summed E-state index contributed by atoms with van der Waals surface area (Å²) in [6, 6.07) is 19.4. The summed E-state index contributed by atoms with van der Waals surface area (Å²) in [4.78, 5) is 57.5. The molecule has 5 rings (SSSR count). The number of carbonyl (C=O) groups is 3. The summed E-state index contributed by atoms with van der Waals surface area (Å²) in [5.74, 6) is -0.121. The highest BCUT2D eigenvalue weighted by molar-refractivity contribution is 8.18. The zero-order valence-electron chi connectivity index (χ0n) is 20.6. The molecular formula is C27H23N5O6S. The molecule has 3 amide bonds. The van der Waals surface area contributed by atoms with E-state index in [1.807, 2.05) is 30.3 Å². The highest BCUT2D eigenvalue weighted by Gasteiger charge is 2.37. The van der Waals surface area contributed by atoms with Crippen molar-refractivity contribution in [3.8, 4) is 11.6 Å². The Morgan fingerprint density at radius 3 is 2.36 bits per heavy atom. The van der Waals surface area contributed by atoms with Crippen LogP contribution in [0, 0.1) is 10.1 Å². The number of piperazine rings is 1. The van der Waals surface area contributed by atoms with Gasteiger partial charge in [-0.2, -0.15) is 0 Å². The zero-order valence-corrected chi connectivity index (χ0v) is 21.5. The predicted molar refractivity (Wildman–Crippen MR) is 145 cm³/mol. The number of nitro groups is 1. The highest BCUT2D eigenvalue weighted by atomic mass is 32.2. The van der Waals surface area contributed by atoms with Crippen LogP contribution in [0.15, 0.2) is 77.8 Å². The predicted octanol–water partition coefficient (Wildman–Crippen LogP) is 4.17. The summed E-state index contributed by atoms with van der Waals surface area (Å²) in [6.45, 7) is 2.10. The Bertz CT molecular complexity index is 1420. The van der Waals surface area contributed by atoms with E-state index in [2.05, 4.69) is 9.88 Å². The van der Waals surface area contributed by atoms with Gasteiger partial charge in [-0.15, -0.1) is 0 Å². The molecule has 12 heteroatoms. The second-order valence-electron chi connectivity index (χ2n) is 8.75. The van der Waals surface area contributed by atoms with Crippen molar-refractivity contribution in [2.75, 3.05) is 37.6 Å². The summed E-state index contributed by atoms with van der Waals surface area (Å²) in [5, 5.41) is 10.3. The molecule has 0 aliphatic carbocycles. The van der Waals surface area contributed by atoms with Gasteiger partial charge in [0.15, 0.2) is 0 Å². The molecule has 0 unspecified atom stereocenters. The maximum Gasteiger partial charge on any atom is 0.294 e. The van der Waals surface area contributed by atoms with Crippen molar-refractivity contribution in [2.24, 2.45) is 0 Å². The molecule has 198 valence electrons. The molecule has 0 saturated carbocycles. The number of hydrogen-bond donors (Lipinski definition) is 0. The van der Waals surface area contributed by atoms with Gasteiger partial charge in [-0.1, -0.05) is 30.3 Å².